The molecule has 0 saturated heterocycles. The number of hydrogen-bond acceptors (Lipinski definition) is 6. The van der Waals surface area contributed by atoms with Crippen molar-refractivity contribution in [2.75, 3.05) is 12.4 Å². The highest BCUT2D eigenvalue weighted by molar-refractivity contribution is 6.02. The topological polar surface area (TPSA) is 90.4 Å². The number of carbonyl (C=O) groups excluding carboxylic acids is 1. The Kier molecular flexibility index (Phi) is 5.38. The third-order valence-electron chi connectivity index (χ3n) is 4.38. The minimum absolute atomic E-state index is 0.246. The Hall–Kier alpha value is -3.87. The van der Waals surface area contributed by atoms with Crippen molar-refractivity contribution < 1.29 is 18.5 Å². The number of nitrogens with one attached hydrogen (secondary N) is 1. The predicted molar refractivity (Wildman–Crippen MR) is 107 cm³/mol. The van der Waals surface area contributed by atoms with Crippen molar-refractivity contribution in [2.24, 2.45) is 0 Å². The molecule has 0 fully saturated rings. The first-order chi connectivity index (χ1) is 14.2. The van der Waals surface area contributed by atoms with E-state index in [1.807, 2.05) is 36.4 Å². The van der Waals surface area contributed by atoms with Crippen molar-refractivity contribution in [3.05, 3.63) is 84.1 Å². The molecule has 0 atom stereocenters. The van der Waals surface area contributed by atoms with Crippen LogP contribution in [0.3, 0.4) is 0 Å². The number of benzene rings is 2. The maximum atomic E-state index is 12.1. The number of ether oxygens (including phenoxy) is 1. The molecule has 7 heteroatoms. The summed E-state index contributed by atoms with van der Waals surface area (Å²) in [5, 5.41) is 6.85. The average Bonchev–Trinajstić information content (AvgIpc) is 3.45. The molecule has 0 aliphatic rings. The first-order valence-electron chi connectivity index (χ1n) is 9.12. The number of aryl methyl sites for hydroxylation is 2. The number of rotatable bonds is 7. The van der Waals surface area contributed by atoms with Gasteiger partial charge < -0.3 is 19.0 Å². The maximum absolute atomic E-state index is 12.1. The molecule has 7 nitrogen and oxygen atoms in total. The largest absolute Gasteiger partial charge is 0.497 e. The lowest BCUT2D eigenvalue weighted by Gasteiger charge is -2.04. The molecule has 4 aromatic rings. The summed E-state index contributed by atoms with van der Waals surface area (Å²) >= 11 is 0. The van der Waals surface area contributed by atoms with Crippen LogP contribution in [0.2, 0.25) is 0 Å². The van der Waals surface area contributed by atoms with Crippen LogP contribution in [0.15, 0.2) is 75.9 Å². The highest BCUT2D eigenvalue weighted by Crippen LogP contribution is 2.21. The molecule has 0 spiro atoms. The molecule has 2 heterocycles. The molecule has 146 valence electrons. The van der Waals surface area contributed by atoms with Crippen LogP contribution in [-0.4, -0.2) is 23.2 Å². The second-order valence-electron chi connectivity index (χ2n) is 6.37. The van der Waals surface area contributed by atoms with Gasteiger partial charge in [-0.25, -0.2) is 0 Å². The fourth-order valence-electron chi connectivity index (χ4n) is 2.85. The summed E-state index contributed by atoms with van der Waals surface area (Å²) < 4.78 is 15.6. The number of nitrogens with zero attached hydrogens (tertiary/aromatic N) is 2. The number of hydrogen-bond donors (Lipinski definition) is 1. The first-order valence-corrected chi connectivity index (χ1v) is 9.12. The van der Waals surface area contributed by atoms with Crippen molar-refractivity contribution in [2.45, 2.75) is 12.8 Å². The van der Waals surface area contributed by atoms with Crippen molar-refractivity contribution in [1.82, 2.24) is 10.1 Å². The molecule has 1 N–H and O–H groups in total. The van der Waals surface area contributed by atoms with E-state index in [1.54, 1.807) is 31.4 Å². The van der Waals surface area contributed by atoms with Crippen molar-refractivity contribution >= 4 is 11.6 Å². The van der Waals surface area contributed by atoms with Gasteiger partial charge in [-0.3, -0.25) is 4.79 Å². The molecule has 2 aromatic heterocycles. The van der Waals surface area contributed by atoms with Crippen LogP contribution >= 0.6 is 0 Å². The normalized spacial score (nSPS) is 10.7. The summed E-state index contributed by atoms with van der Waals surface area (Å²) in [6.07, 6.45) is 2.87. The van der Waals surface area contributed by atoms with Crippen LogP contribution < -0.4 is 10.1 Å². The van der Waals surface area contributed by atoms with E-state index in [1.165, 1.54) is 6.26 Å². The summed E-state index contributed by atoms with van der Waals surface area (Å²) in [6.45, 7) is 0. The highest BCUT2D eigenvalue weighted by Gasteiger charge is 2.12. The second-order valence-corrected chi connectivity index (χ2v) is 6.37. The Balaban J connectivity index is 1.41. The average molecular weight is 389 g/mol. The number of furan rings is 1. The smallest absolute Gasteiger partial charge is 0.291 e. The summed E-state index contributed by atoms with van der Waals surface area (Å²) in [5.41, 5.74) is 2.53. The number of amides is 1. The van der Waals surface area contributed by atoms with Crippen molar-refractivity contribution in [3.63, 3.8) is 0 Å². The molecule has 4 rings (SSSR count). The lowest BCUT2D eigenvalue weighted by atomic mass is 10.1. The van der Waals surface area contributed by atoms with Gasteiger partial charge in [0.2, 0.25) is 11.7 Å². The van der Waals surface area contributed by atoms with Gasteiger partial charge in [0.05, 0.1) is 13.4 Å². The molecule has 0 aliphatic heterocycles. The number of anilines is 1. The van der Waals surface area contributed by atoms with Crippen LogP contribution in [0.25, 0.3) is 11.4 Å². The van der Waals surface area contributed by atoms with Gasteiger partial charge in [0, 0.05) is 17.7 Å². The van der Waals surface area contributed by atoms with Gasteiger partial charge in [-0.2, -0.15) is 4.98 Å². The zero-order valence-electron chi connectivity index (χ0n) is 15.8. The van der Waals surface area contributed by atoms with Gasteiger partial charge in [0.15, 0.2) is 5.76 Å². The number of carbonyl (C=O) groups is 1. The Bertz CT molecular complexity index is 1090. The molecule has 2 aromatic carbocycles. The molecule has 0 bridgehead atoms. The summed E-state index contributed by atoms with van der Waals surface area (Å²) in [5.74, 6) is 1.79. The van der Waals surface area contributed by atoms with E-state index in [-0.39, 0.29) is 11.7 Å². The van der Waals surface area contributed by atoms with Gasteiger partial charge in [-0.1, -0.05) is 29.4 Å². The van der Waals surface area contributed by atoms with Crippen LogP contribution in [0.5, 0.6) is 5.75 Å². The Morgan fingerprint density at radius 2 is 1.93 bits per heavy atom. The van der Waals surface area contributed by atoms with Gasteiger partial charge in [-0.05, 0) is 48.4 Å². The number of methoxy groups -OCH3 is 1. The predicted octanol–water partition coefficient (Wildman–Crippen LogP) is 4.38. The Morgan fingerprint density at radius 3 is 2.69 bits per heavy atom. The van der Waals surface area contributed by atoms with E-state index in [9.17, 15) is 4.79 Å². The molecule has 29 heavy (non-hydrogen) atoms. The molecule has 0 saturated carbocycles. The van der Waals surface area contributed by atoms with E-state index >= 15 is 0 Å². The van der Waals surface area contributed by atoms with E-state index < -0.39 is 0 Å². The maximum Gasteiger partial charge on any atom is 0.291 e. The zero-order valence-corrected chi connectivity index (χ0v) is 15.8. The zero-order chi connectivity index (χ0) is 20.1. The third kappa shape index (κ3) is 4.52. The van der Waals surface area contributed by atoms with E-state index in [4.69, 9.17) is 13.7 Å². The van der Waals surface area contributed by atoms with Crippen LogP contribution in [0, 0.1) is 0 Å². The van der Waals surface area contributed by atoms with Crippen LogP contribution in [0.4, 0.5) is 5.69 Å². The minimum Gasteiger partial charge on any atom is -0.497 e. The quantitative estimate of drug-likeness (QED) is 0.505. The molecular weight excluding hydrogens is 370 g/mol. The fourth-order valence-corrected chi connectivity index (χ4v) is 2.85. The summed E-state index contributed by atoms with van der Waals surface area (Å²) in [6, 6.07) is 18.4. The fraction of sp³-hybridized carbons (Fsp3) is 0.136. The number of aromatic nitrogens is 2. The highest BCUT2D eigenvalue weighted by atomic mass is 16.5. The van der Waals surface area contributed by atoms with Gasteiger partial charge in [-0.15, -0.1) is 0 Å². The van der Waals surface area contributed by atoms with Crippen molar-refractivity contribution in [3.8, 4) is 17.1 Å². The monoisotopic (exact) mass is 389 g/mol. The van der Waals surface area contributed by atoms with Gasteiger partial charge >= 0.3 is 0 Å². The lowest BCUT2D eigenvalue weighted by molar-refractivity contribution is 0.0996. The van der Waals surface area contributed by atoms with E-state index in [0.717, 1.165) is 23.3 Å². The summed E-state index contributed by atoms with van der Waals surface area (Å²) in [4.78, 5) is 16.6. The van der Waals surface area contributed by atoms with E-state index in [2.05, 4.69) is 15.5 Å². The standard InChI is InChI=1S/C22H19N3O4/c1-27-18-10-7-15(8-11-18)9-12-20-24-21(25-29-20)16-4-2-5-17(14-16)23-22(26)19-6-3-13-28-19/h2-8,10-11,13-14H,9,12H2,1H3,(H,23,26). The molecular formula is C22H19N3O4. The van der Waals surface area contributed by atoms with Gasteiger partial charge in [0.1, 0.15) is 5.75 Å². The van der Waals surface area contributed by atoms with Crippen molar-refractivity contribution in [1.29, 1.82) is 0 Å². The first kappa shape index (κ1) is 18.5. The second kappa shape index (κ2) is 8.43. The SMILES string of the molecule is COc1ccc(CCc2nc(-c3cccc(NC(=O)c4ccco4)c3)no2)cc1. The molecule has 0 radical (unpaired) electrons. The Morgan fingerprint density at radius 1 is 1.07 bits per heavy atom. The third-order valence-corrected chi connectivity index (χ3v) is 4.38. The minimum atomic E-state index is -0.319. The Labute approximate surface area is 167 Å². The van der Waals surface area contributed by atoms with Crippen LogP contribution in [0.1, 0.15) is 22.0 Å². The molecule has 0 aliphatic carbocycles. The van der Waals surface area contributed by atoms with E-state index in [0.29, 0.717) is 23.8 Å². The molecule has 0 unspecified atom stereocenters. The van der Waals surface area contributed by atoms with Gasteiger partial charge in [0.25, 0.3) is 5.91 Å². The summed E-state index contributed by atoms with van der Waals surface area (Å²) in [7, 11) is 1.65. The molecule has 1 amide bonds. The lowest BCUT2D eigenvalue weighted by Crippen LogP contribution is -2.10. The van der Waals surface area contributed by atoms with Crippen LogP contribution in [-0.2, 0) is 12.8 Å².